The Morgan fingerprint density at radius 1 is 1.08 bits per heavy atom. The minimum Gasteiger partial charge on any atom is -0.508 e. The molecule has 0 radical (unpaired) electrons. The van der Waals surface area contributed by atoms with Gasteiger partial charge in [0.05, 0.1) is 25.2 Å². The fourth-order valence-electron chi connectivity index (χ4n) is 3.66. The van der Waals surface area contributed by atoms with E-state index in [-0.39, 0.29) is 11.7 Å². The number of aliphatic hydroxyl groups is 1. The molecule has 0 aliphatic carbocycles. The average molecular weight is 348 g/mol. The van der Waals surface area contributed by atoms with Gasteiger partial charge in [-0.05, 0) is 37.0 Å². The average Bonchev–Trinajstić information content (AvgIpc) is 2.80. The van der Waals surface area contributed by atoms with Crippen LogP contribution in [0, 0.1) is 0 Å². The zero-order valence-electron chi connectivity index (χ0n) is 14.7. The lowest BCUT2D eigenvalue weighted by Gasteiger charge is -2.35. The third kappa shape index (κ3) is 5.17. The summed E-state index contributed by atoms with van der Waals surface area (Å²) in [5.74, 6) is 0.292. The van der Waals surface area contributed by atoms with E-state index < -0.39 is 5.60 Å². The van der Waals surface area contributed by atoms with Crippen molar-refractivity contribution >= 4 is 5.91 Å². The summed E-state index contributed by atoms with van der Waals surface area (Å²) in [5, 5.41) is 20.3. The summed E-state index contributed by atoms with van der Waals surface area (Å²) in [5.41, 5.74) is 0.181. The summed E-state index contributed by atoms with van der Waals surface area (Å²) in [6.45, 7) is 5.15. The smallest absolute Gasteiger partial charge is 0.226 e. The van der Waals surface area contributed by atoms with Crippen molar-refractivity contribution < 1.29 is 19.7 Å². The molecule has 25 heavy (non-hydrogen) atoms. The van der Waals surface area contributed by atoms with Crippen LogP contribution in [-0.2, 0) is 16.0 Å². The molecule has 0 saturated carbocycles. The fraction of sp³-hybridized carbons (Fsp3) is 0.632. The number of phenolic OH excluding ortho intramolecular Hbond substituents is 1. The first-order valence-corrected chi connectivity index (χ1v) is 9.12. The summed E-state index contributed by atoms with van der Waals surface area (Å²) in [4.78, 5) is 16.7. The maximum absolute atomic E-state index is 12.6. The molecular formula is C19H28N2O4. The van der Waals surface area contributed by atoms with Gasteiger partial charge in [0.25, 0.3) is 0 Å². The van der Waals surface area contributed by atoms with Crippen LogP contribution in [-0.4, -0.2) is 77.5 Å². The van der Waals surface area contributed by atoms with E-state index in [1.807, 2.05) is 4.90 Å². The number of hydrogen-bond donors (Lipinski definition) is 2. The number of ether oxygens (including phenoxy) is 1. The first-order chi connectivity index (χ1) is 12.0. The highest BCUT2D eigenvalue weighted by Gasteiger charge is 2.33. The number of carbonyl (C=O) groups is 1. The van der Waals surface area contributed by atoms with Gasteiger partial charge < -0.3 is 19.8 Å². The second kappa shape index (κ2) is 8.17. The molecule has 2 fully saturated rings. The van der Waals surface area contributed by atoms with E-state index in [0.717, 1.165) is 44.7 Å². The van der Waals surface area contributed by atoms with Crippen molar-refractivity contribution in [2.24, 2.45) is 0 Å². The van der Waals surface area contributed by atoms with E-state index in [9.17, 15) is 15.0 Å². The maximum atomic E-state index is 12.6. The van der Waals surface area contributed by atoms with Crippen molar-refractivity contribution in [3.05, 3.63) is 29.8 Å². The maximum Gasteiger partial charge on any atom is 0.226 e. The molecule has 1 aromatic carbocycles. The molecule has 0 unspecified atom stereocenters. The van der Waals surface area contributed by atoms with Gasteiger partial charge in [0.2, 0.25) is 5.91 Å². The van der Waals surface area contributed by atoms with Gasteiger partial charge in [-0.15, -0.1) is 0 Å². The molecule has 1 aromatic rings. The Morgan fingerprint density at radius 2 is 1.80 bits per heavy atom. The predicted molar refractivity (Wildman–Crippen MR) is 94.5 cm³/mol. The molecule has 2 aliphatic heterocycles. The summed E-state index contributed by atoms with van der Waals surface area (Å²) in [6, 6.07) is 6.76. The highest BCUT2D eigenvalue weighted by atomic mass is 16.5. The number of carbonyl (C=O) groups excluding carboxylic acids is 1. The van der Waals surface area contributed by atoms with E-state index in [0.29, 0.717) is 32.5 Å². The Hall–Kier alpha value is -1.63. The quantitative estimate of drug-likeness (QED) is 0.850. The highest BCUT2D eigenvalue weighted by molar-refractivity contribution is 5.78. The Balaban J connectivity index is 1.53. The largest absolute Gasteiger partial charge is 0.508 e. The number of hydrogen-bond acceptors (Lipinski definition) is 5. The molecule has 2 N–H and O–H groups in total. The molecule has 0 bridgehead atoms. The Morgan fingerprint density at radius 3 is 2.52 bits per heavy atom. The first-order valence-electron chi connectivity index (χ1n) is 9.12. The number of amides is 1. The van der Waals surface area contributed by atoms with Crippen LogP contribution in [0.25, 0.3) is 0 Å². The molecule has 2 aliphatic rings. The van der Waals surface area contributed by atoms with Crippen LogP contribution >= 0.6 is 0 Å². The molecule has 1 amide bonds. The minimum atomic E-state index is -0.717. The summed E-state index contributed by atoms with van der Waals surface area (Å²) >= 11 is 0. The lowest BCUT2D eigenvalue weighted by atomic mass is 9.94. The number of β-amino-alcohol motifs (C(OH)–C–C–N with tert-alkyl or cyclic N) is 1. The molecule has 2 saturated heterocycles. The van der Waals surface area contributed by atoms with E-state index in [4.69, 9.17) is 4.74 Å². The van der Waals surface area contributed by atoms with Gasteiger partial charge in [0.1, 0.15) is 5.75 Å². The standard InChI is InChI=1S/C19H28N2O4/c22-17-4-2-16(3-5-17)14-18(23)21-8-1-6-19(24,7-9-21)15-20-10-12-25-13-11-20/h2-5,22,24H,1,6-15H2/t19-/m0/s1. The Labute approximate surface area is 149 Å². The topological polar surface area (TPSA) is 73.2 Å². The monoisotopic (exact) mass is 348 g/mol. The van der Waals surface area contributed by atoms with E-state index in [1.54, 1.807) is 24.3 Å². The van der Waals surface area contributed by atoms with Gasteiger partial charge in [-0.1, -0.05) is 12.1 Å². The van der Waals surface area contributed by atoms with Crippen molar-refractivity contribution in [1.82, 2.24) is 9.80 Å². The van der Waals surface area contributed by atoms with Gasteiger partial charge in [-0.25, -0.2) is 0 Å². The highest BCUT2D eigenvalue weighted by Crippen LogP contribution is 2.24. The molecule has 6 heteroatoms. The number of phenols is 1. The van der Waals surface area contributed by atoms with Crippen LogP contribution in [0.4, 0.5) is 0 Å². The van der Waals surface area contributed by atoms with Gasteiger partial charge in [0, 0.05) is 32.7 Å². The van der Waals surface area contributed by atoms with Crippen molar-refractivity contribution in [3.63, 3.8) is 0 Å². The van der Waals surface area contributed by atoms with Gasteiger partial charge in [0.15, 0.2) is 0 Å². The molecule has 3 rings (SSSR count). The van der Waals surface area contributed by atoms with E-state index in [2.05, 4.69) is 4.90 Å². The van der Waals surface area contributed by atoms with Crippen LogP contribution in [0.15, 0.2) is 24.3 Å². The number of benzene rings is 1. The van der Waals surface area contributed by atoms with Crippen molar-refractivity contribution in [1.29, 1.82) is 0 Å². The van der Waals surface area contributed by atoms with E-state index in [1.165, 1.54) is 0 Å². The minimum absolute atomic E-state index is 0.0845. The molecule has 1 atom stereocenters. The molecule has 0 spiro atoms. The predicted octanol–water partition coefficient (Wildman–Crippen LogP) is 1.01. The number of nitrogens with zero attached hydrogens (tertiary/aromatic N) is 2. The number of aromatic hydroxyl groups is 1. The second-order valence-corrected chi connectivity index (χ2v) is 7.19. The van der Waals surface area contributed by atoms with Crippen molar-refractivity contribution in [2.45, 2.75) is 31.3 Å². The van der Waals surface area contributed by atoms with Crippen molar-refractivity contribution in [3.8, 4) is 5.75 Å². The second-order valence-electron chi connectivity index (χ2n) is 7.19. The van der Waals surface area contributed by atoms with Gasteiger partial charge in [-0.2, -0.15) is 0 Å². The normalized spacial score (nSPS) is 25.6. The fourth-order valence-corrected chi connectivity index (χ4v) is 3.66. The van der Waals surface area contributed by atoms with Crippen LogP contribution in [0.2, 0.25) is 0 Å². The number of likely N-dealkylation sites (tertiary alicyclic amines) is 1. The zero-order chi connectivity index (χ0) is 17.7. The lowest BCUT2D eigenvalue weighted by molar-refractivity contribution is -0.130. The molecule has 2 heterocycles. The SMILES string of the molecule is O=C(Cc1ccc(O)cc1)N1CCC[C@@](O)(CN2CCOCC2)CC1. The van der Waals surface area contributed by atoms with Gasteiger partial charge in [-0.3, -0.25) is 9.69 Å². The summed E-state index contributed by atoms with van der Waals surface area (Å²) < 4.78 is 5.37. The molecular weight excluding hydrogens is 320 g/mol. The molecule has 0 aromatic heterocycles. The van der Waals surface area contributed by atoms with Crippen LogP contribution in [0.1, 0.15) is 24.8 Å². The number of morpholine rings is 1. The van der Waals surface area contributed by atoms with Crippen LogP contribution in [0.5, 0.6) is 5.75 Å². The first kappa shape index (κ1) is 18.2. The molecule has 6 nitrogen and oxygen atoms in total. The summed E-state index contributed by atoms with van der Waals surface area (Å²) in [6.07, 6.45) is 2.50. The van der Waals surface area contributed by atoms with Crippen LogP contribution in [0.3, 0.4) is 0 Å². The Bertz CT molecular complexity index is 571. The third-order valence-corrected chi connectivity index (χ3v) is 5.18. The van der Waals surface area contributed by atoms with E-state index >= 15 is 0 Å². The van der Waals surface area contributed by atoms with Crippen molar-refractivity contribution in [2.75, 3.05) is 45.9 Å². The number of rotatable bonds is 4. The Kier molecular flexibility index (Phi) is 5.93. The third-order valence-electron chi connectivity index (χ3n) is 5.18. The summed E-state index contributed by atoms with van der Waals surface area (Å²) in [7, 11) is 0. The van der Waals surface area contributed by atoms with Gasteiger partial charge >= 0.3 is 0 Å². The lowest BCUT2D eigenvalue weighted by Crippen LogP contribution is -2.48. The van der Waals surface area contributed by atoms with Crippen LogP contribution < -0.4 is 0 Å². The zero-order valence-corrected chi connectivity index (χ0v) is 14.7. The molecule has 138 valence electrons.